The van der Waals surface area contributed by atoms with Crippen molar-refractivity contribution in [1.29, 1.82) is 0 Å². The number of carbonyl (C=O) groups excluding carboxylic acids is 3. The molecule has 4 rings (SSSR count). The molecule has 1 heterocycles. The molecule has 0 aromatic heterocycles. The van der Waals surface area contributed by atoms with Crippen molar-refractivity contribution in [3.8, 4) is 5.75 Å². The van der Waals surface area contributed by atoms with Crippen LogP contribution < -0.4 is 15.5 Å². The second-order valence-electron chi connectivity index (χ2n) is 7.01. The topological polar surface area (TPSA) is 106 Å². The van der Waals surface area contributed by atoms with Gasteiger partial charge in [-0.1, -0.05) is 30.3 Å². The molecule has 2 amide bonds. The van der Waals surface area contributed by atoms with Crippen LogP contribution in [0, 0.1) is 3.57 Å². The number of ether oxygens (including phenoxy) is 2. The highest BCUT2D eigenvalue weighted by molar-refractivity contribution is 14.1. The summed E-state index contributed by atoms with van der Waals surface area (Å²) in [5, 5.41) is 6.64. The van der Waals surface area contributed by atoms with E-state index in [9.17, 15) is 14.4 Å². The SMILES string of the molecule is O=C(COc1ccc(C(=O)OCc2ccccc2)cc1)N/N=C1\C(=O)Nc2ccc(I)cc21. The summed E-state index contributed by atoms with van der Waals surface area (Å²) in [7, 11) is 0. The van der Waals surface area contributed by atoms with Gasteiger partial charge < -0.3 is 14.8 Å². The van der Waals surface area contributed by atoms with Crippen LogP contribution >= 0.6 is 22.6 Å². The fraction of sp³-hybridized carbons (Fsp3) is 0.0833. The van der Waals surface area contributed by atoms with Crippen molar-refractivity contribution in [1.82, 2.24) is 5.43 Å². The highest BCUT2D eigenvalue weighted by Crippen LogP contribution is 2.25. The van der Waals surface area contributed by atoms with Crippen molar-refractivity contribution < 1.29 is 23.9 Å². The first-order valence-electron chi connectivity index (χ1n) is 9.91. The third-order valence-electron chi connectivity index (χ3n) is 4.67. The van der Waals surface area contributed by atoms with E-state index in [1.54, 1.807) is 30.3 Å². The Labute approximate surface area is 203 Å². The Kier molecular flexibility index (Phi) is 6.98. The summed E-state index contributed by atoms with van der Waals surface area (Å²) in [6.45, 7) is -0.127. The van der Waals surface area contributed by atoms with Gasteiger partial charge in [0.1, 0.15) is 12.4 Å². The lowest BCUT2D eigenvalue weighted by molar-refractivity contribution is -0.123. The smallest absolute Gasteiger partial charge is 0.338 e. The van der Waals surface area contributed by atoms with E-state index in [1.807, 2.05) is 42.5 Å². The number of nitrogens with one attached hydrogen (secondary N) is 2. The van der Waals surface area contributed by atoms with Gasteiger partial charge in [0.05, 0.1) is 11.3 Å². The Balaban J connectivity index is 1.28. The van der Waals surface area contributed by atoms with Crippen molar-refractivity contribution in [3.05, 3.63) is 93.1 Å². The van der Waals surface area contributed by atoms with Crippen LogP contribution in [0.5, 0.6) is 5.75 Å². The minimum Gasteiger partial charge on any atom is -0.484 e. The summed E-state index contributed by atoms with van der Waals surface area (Å²) in [5.74, 6) is -0.969. The third-order valence-corrected chi connectivity index (χ3v) is 5.34. The van der Waals surface area contributed by atoms with Gasteiger partial charge in [0, 0.05) is 9.13 Å². The minimum atomic E-state index is -0.527. The van der Waals surface area contributed by atoms with Crippen molar-refractivity contribution in [2.75, 3.05) is 11.9 Å². The lowest BCUT2D eigenvalue weighted by atomic mass is 10.1. The Morgan fingerprint density at radius 1 is 1.00 bits per heavy atom. The fourth-order valence-corrected chi connectivity index (χ4v) is 3.52. The maximum absolute atomic E-state index is 12.2. The van der Waals surface area contributed by atoms with Crippen LogP contribution in [-0.4, -0.2) is 30.1 Å². The standard InChI is InChI=1S/C24H18IN3O5/c25-17-8-11-20-19(12-17)22(23(30)26-20)28-27-21(29)14-32-18-9-6-16(7-10-18)24(31)33-13-15-4-2-1-3-5-15/h1-12H,13-14H2,(H,27,29)(H,26,28,30). The number of rotatable bonds is 7. The maximum atomic E-state index is 12.2. The van der Waals surface area contributed by atoms with Crippen LogP contribution in [0.2, 0.25) is 0 Å². The second-order valence-corrected chi connectivity index (χ2v) is 8.26. The van der Waals surface area contributed by atoms with Gasteiger partial charge >= 0.3 is 5.97 Å². The molecule has 33 heavy (non-hydrogen) atoms. The number of fused-ring (bicyclic) bond motifs is 1. The summed E-state index contributed by atoms with van der Waals surface area (Å²) in [5.41, 5.74) is 5.01. The number of benzene rings is 3. The third kappa shape index (κ3) is 5.75. The molecule has 0 atom stereocenters. The van der Waals surface area contributed by atoms with Crippen molar-refractivity contribution in [2.45, 2.75) is 6.61 Å². The average molecular weight is 555 g/mol. The van der Waals surface area contributed by atoms with Crippen LogP contribution in [0.4, 0.5) is 5.69 Å². The number of nitrogens with zero attached hydrogens (tertiary/aromatic N) is 1. The van der Waals surface area contributed by atoms with E-state index in [0.717, 1.165) is 9.13 Å². The molecule has 1 aliphatic heterocycles. The zero-order valence-corrected chi connectivity index (χ0v) is 19.4. The molecule has 1 aliphatic rings. The normalized spacial score (nSPS) is 13.2. The van der Waals surface area contributed by atoms with Crippen molar-refractivity contribution >= 4 is 51.8 Å². The summed E-state index contributed by atoms with van der Waals surface area (Å²) >= 11 is 2.13. The van der Waals surface area contributed by atoms with Crippen molar-refractivity contribution in [2.24, 2.45) is 5.10 Å². The van der Waals surface area contributed by atoms with Gasteiger partial charge in [-0.2, -0.15) is 5.10 Å². The number of amides is 2. The largest absolute Gasteiger partial charge is 0.484 e. The molecule has 0 aliphatic carbocycles. The Hall–Kier alpha value is -3.73. The van der Waals surface area contributed by atoms with E-state index in [1.165, 1.54) is 0 Å². The second kappa shape index (κ2) is 10.3. The molecule has 3 aromatic rings. The molecule has 2 N–H and O–H groups in total. The van der Waals surface area contributed by atoms with Crippen LogP contribution in [0.1, 0.15) is 21.5 Å². The summed E-state index contributed by atoms with van der Waals surface area (Å²) in [6, 6.07) is 21.1. The zero-order chi connectivity index (χ0) is 23.2. The van der Waals surface area contributed by atoms with E-state index in [-0.39, 0.29) is 24.8 Å². The number of carbonyl (C=O) groups is 3. The van der Waals surface area contributed by atoms with Gasteiger partial charge in [-0.3, -0.25) is 9.59 Å². The molecule has 0 bridgehead atoms. The van der Waals surface area contributed by atoms with E-state index in [2.05, 4.69) is 38.4 Å². The molecule has 9 heteroatoms. The predicted molar refractivity (Wildman–Crippen MR) is 130 cm³/mol. The predicted octanol–water partition coefficient (Wildman–Crippen LogP) is 3.50. The maximum Gasteiger partial charge on any atom is 0.338 e. The number of esters is 1. The molecule has 0 saturated heterocycles. The van der Waals surface area contributed by atoms with Gasteiger partial charge in [-0.05, 0) is 70.6 Å². The zero-order valence-electron chi connectivity index (χ0n) is 17.2. The van der Waals surface area contributed by atoms with Crippen LogP contribution in [0.25, 0.3) is 0 Å². The van der Waals surface area contributed by atoms with Crippen LogP contribution in [-0.2, 0) is 20.9 Å². The molecule has 0 unspecified atom stereocenters. The van der Waals surface area contributed by atoms with Gasteiger partial charge in [-0.25, -0.2) is 10.2 Å². The number of hydrogen-bond acceptors (Lipinski definition) is 6. The lowest BCUT2D eigenvalue weighted by Crippen LogP contribution is -2.27. The van der Waals surface area contributed by atoms with Gasteiger partial charge in [0.15, 0.2) is 12.3 Å². The Morgan fingerprint density at radius 3 is 2.52 bits per heavy atom. The van der Waals surface area contributed by atoms with Crippen LogP contribution in [0.3, 0.4) is 0 Å². The summed E-state index contributed by atoms with van der Waals surface area (Å²) < 4.78 is 11.7. The number of hydrazone groups is 1. The van der Waals surface area contributed by atoms with Gasteiger partial charge in [0.25, 0.3) is 11.8 Å². The van der Waals surface area contributed by atoms with E-state index in [4.69, 9.17) is 9.47 Å². The molecule has 166 valence electrons. The van der Waals surface area contributed by atoms with Crippen molar-refractivity contribution in [3.63, 3.8) is 0 Å². The van der Waals surface area contributed by atoms with E-state index in [0.29, 0.717) is 22.6 Å². The molecule has 0 radical (unpaired) electrons. The minimum absolute atomic E-state index is 0.134. The lowest BCUT2D eigenvalue weighted by Gasteiger charge is -2.07. The Bertz CT molecular complexity index is 1230. The quantitative estimate of drug-likeness (QED) is 0.264. The molecule has 8 nitrogen and oxygen atoms in total. The molecule has 3 aromatic carbocycles. The number of anilines is 1. The monoisotopic (exact) mass is 555 g/mol. The first-order valence-corrected chi connectivity index (χ1v) is 11.0. The first-order chi connectivity index (χ1) is 16.0. The Morgan fingerprint density at radius 2 is 1.76 bits per heavy atom. The first kappa shape index (κ1) is 22.5. The van der Waals surface area contributed by atoms with Crippen LogP contribution in [0.15, 0.2) is 77.9 Å². The molecule has 0 saturated carbocycles. The summed E-state index contributed by atoms with van der Waals surface area (Å²) in [4.78, 5) is 36.4. The molecule has 0 fully saturated rings. The number of halogens is 1. The van der Waals surface area contributed by atoms with E-state index >= 15 is 0 Å². The average Bonchev–Trinajstić information content (AvgIpc) is 3.15. The highest BCUT2D eigenvalue weighted by atomic mass is 127. The van der Waals surface area contributed by atoms with Gasteiger partial charge in [0.2, 0.25) is 0 Å². The van der Waals surface area contributed by atoms with Gasteiger partial charge in [-0.15, -0.1) is 0 Å². The summed E-state index contributed by atoms with van der Waals surface area (Å²) in [6.07, 6.45) is 0. The molecule has 0 spiro atoms. The molecular formula is C24H18IN3O5. The van der Waals surface area contributed by atoms with E-state index < -0.39 is 11.9 Å². The fourth-order valence-electron chi connectivity index (χ4n) is 3.03. The highest BCUT2D eigenvalue weighted by Gasteiger charge is 2.26. The molecular weight excluding hydrogens is 537 g/mol. The number of hydrogen-bond donors (Lipinski definition) is 2.